The van der Waals surface area contributed by atoms with E-state index in [0.717, 1.165) is 0 Å². The van der Waals surface area contributed by atoms with Gasteiger partial charge in [-0.1, -0.05) is 31.2 Å². The Morgan fingerprint density at radius 2 is 2.00 bits per heavy atom. The van der Waals surface area contributed by atoms with Crippen molar-refractivity contribution in [3.05, 3.63) is 24.3 Å². The second-order valence-electron chi connectivity index (χ2n) is 3.04. The molecule has 1 aliphatic carbocycles. The van der Waals surface area contributed by atoms with Crippen LogP contribution in [0.3, 0.4) is 0 Å². The molecule has 1 rings (SSSR count). The van der Waals surface area contributed by atoms with Gasteiger partial charge in [-0.25, -0.2) is 0 Å². The molecule has 0 aromatic carbocycles. The molecule has 0 fully saturated rings. The molecule has 0 heterocycles. The van der Waals surface area contributed by atoms with Crippen LogP contribution < -0.4 is 0 Å². The quantitative estimate of drug-likeness (QED) is 0.575. The van der Waals surface area contributed by atoms with Crippen LogP contribution in [-0.4, -0.2) is 6.18 Å². The van der Waals surface area contributed by atoms with Crippen molar-refractivity contribution >= 4 is 0 Å². The highest BCUT2D eigenvalue weighted by atomic mass is 19.4. The Kier molecular flexibility index (Phi) is 2.60. The zero-order valence-corrected chi connectivity index (χ0v) is 6.81. The van der Waals surface area contributed by atoms with Crippen molar-refractivity contribution in [2.45, 2.75) is 19.5 Å². The van der Waals surface area contributed by atoms with Crippen LogP contribution in [0.1, 0.15) is 13.3 Å². The summed E-state index contributed by atoms with van der Waals surface area (Å²) >= 11 is 0. The van der Waals surface area contributed by atoms with Gasteiger partial charge in [-0.15, -0.1) is 0 Å². The van der Waals surface area contributed by atoms with Crippen LogP contribution in [-0.2, 0) is 0 Å². The summed E-state index contributed by atoms with van der Waals surface area (Å²) in [6.45, 7) is 1.23. The molecule has 0 aromatic rings. The fraction of sp³-hybridized carbons (Fsp3) is 0.556. The van der Waals surface area contributed by atoms with Gasteiger partial charge in [0.2, 0.25) is 0 Å². The number of hydrogen-bond acceptors (Lipinski definition) is 0. The maximum atomic E-state index is 12.2. The lowest BCUT2D eigenvalue weighted by Gasteiger charge is -2.23. The fourth-order valence-electron chi connectivity index (χ4n) is 1.21. The molecular formula is C9H11F3. The van der Waals surface area contributed by atoms with Crippen LogP contribution in [0.2, 0.25) is 0 Å². The topological polar surface area (TPSA) is 0 Å². The first-order chi connectivity index (χ1) is 5.52. The van der Waals surface area contributed by atoms with E-state index in [9.17, 15) is 13.2 Å². The third-order valence-corrected chi connectivity index (χ3v) is 2.17. The molecule has 2 atom stereocenters. The number of hydrogen-bond donors (Lipinski definition) is 0. The minimum Gasteiger partial charge on any atom is -0.171 e. The standard InChI is InChI=1S/C9H11F3/c1-7(9(10,11)12)8-5-3-2-4-6-8/h2-5,7-8H,6H2,1H3. The lowest BCUT2D eigenvalue weighted by Crippen LogP contribution is -2.26. The van der Waals surface area contributed by atoms with E-state index in [0.29, 0.717) is 6.42 Å². The number of rotatable bonds is 1. The fourth-order valence-corrected chi connectivity index (χ4v) is 1.21. The smallest absolute Gasteiger partial charge is 0.171 e. The monoisotopic (exact) mass is 176 g/mol. The Morgan fingerprint density at radius 3 is 2.42 bits per heavy atom. The van der Waals surface area contributed by atoms with E-state index < -0.39 is 12.1 Å². The molecule has 1 aliphatic rings. The largest absolute Gasteiger partial charge is 0.392 e. The predicted octanol–water partition coefficient (Wildman–Crippen LogP) is 3.32. The molecule has 68 valence electrons. The SMILES string of the molecule is CC(C1C=CC=CC1)C(F)(F)F. The molecule has 12 heavy (non-hydrogen) atoms. The molecule has 0 nitrogen and oxygen atoms in total. The molecule has 0 saturated carbocycles. The Hall–Kier alpha value is -0.730. The van der Waals surface area contributed by atoms with Gasteiger partial charge in [-0.3, -0.25) is 0 Å². The lowest BCUT2D eigenvalue weighted by atomic mass is 9.88. The minimum atomic E-state index is -4.07. The zero-order valence-electron chi connectivity index (χ0n) is 6.81. The molecule has 0 saturated heterocycles. The Labute approximate surface area is 69.8 Å². The van der Waals surface area contributed by atoms with Crippen LogP contribution in [0, 0.1) is 11.8 Å². The predicted molar refractivity (Wildman–Crippen MR) is 41.6 cm³/mol. The molecule has 3 heteroatoms. The summed E-state index contributed by atoms with van der Waals surface area (Å²) in [4.78, 5) is 0. The minimum absolute atomic E-state index is 0.380. The van der Waals surface area contributed by atoms with E-state index >= 15 is 0 Å². The Morgan fingerprint density at radius 1 is 1.33 bits per heavy atom. The average molecular weight is 176 g/mol. The van der Waals surface area contributed by atoms with E-state index in [1.807, 2.05) is 0 Å². The van der Waals surface area contributed by atoms with Crippen molar-refractivity contribution in [3.8, 4) is 0 Å². The zero-order chi connectivity index (χ0) is 9.19. The van der Waals surface area contributed by atoms with Crippen LogP contribution >= 0.6 is 0 Å². The second kappa shape index (κ2) is 3.33. The van der Waals surface area contributed by atoms with Crippen molar-refractivity contribution in [2.24, 2.45) is 11.8 Å². The van der Waals surface area contributed by atoms with E-state index in [-0.39, 0.29) is 5.92 Å². The Bertz CT molecular complexity index is 200. The first kappa shape index (κ1) is 9.36. The van der Waals surface area contributed by atoms with Crippen molar-refractivity contribution < 1.29 is 13.2 Å². The van der Waals surface area contributed by atoms with Crippen LogP contribution in [0.25, 0.3) is 0 Å². The molecule has 0 spiro atoms. The van der Waals surface area contributed by atoms with Crippen LogP contribution in [0.4, 0.5) is 13.2 Å². The molecule has 0 radical (unpaired) electrons. The highest BCUT2D eigenvalue weighted by Crippen LogP contribution is 2.34. The molecule has 0 bridgehead atoms. The Balaban J connectivity index is 2.59. The van der Waals surface area contributed by atoms with Gasteiger partial charge in [-0.2, -0.15) is 13.2 Å². The summed E-state index contributed by atoms with van der Waals surface area (Å²) in [7, 11) is 0. The summed E-state index contributed by atoms with van der Waals surface area (Å²) in [6, 6.07) is 0. The van der Waals surface area contributed by atoms with E-state index in [1.54, 1.807) is 24.3 Å². The number of allylic oxidation sites excluding steroid dienone is 4. The van der Waals surface area contributed by atoms with Gasteiger partial charge in [0.25, 0.3) is 0 Å². The summed E-state index contributed by atoms with van der Waals surface area (Å²) < 4.78 is 36.5. The molecule has 0 aliphatic heterocycles. The first-order valence-electron chi connectivity index (χ1n) is 3.92. The van der Waals surface area contributed by atoms with Crippen molar-refractivity contribution in [1.82, 2.24) is 0 Å². The maximum Gasteiger partial charge on any atom is 0.392 e. The second-order valence-corrected chi connectivity index (χ2v) is 3.04. The van der Waals surface area contributed by atoms with Crippen molar-refractivity contribution in [3.63, 3.8) is 0 Å². The molecule has 2 unspecified atom stereocenters. The van der Waals surface area contributed by atoms with E-state index in [1.165, 1.54) is 6.92 Å². The molecular weight excluding hydrogens is 165 g/mol. The van der Waals surface area contributed by atoms with Gasteiger partial charge in [-0.05, 0) is 12.3 Å². The summed E-state index contributed by atoms with van der Waals surface area (Å²) in [6.07, 6.45) is 3.28. The van der Waals surface area contributed by atoms with Gasteiger partial charge in [0.05, 0.1) is 5.92 Å². The van der Waals surface area contributed by atoms with Crippen LogP contribution in [0.5, 0.6) is 0 Å². The number of halogens is 3. The normalized spacial score (nSPS) is 25.8. The summed E-state index contributed by atoms with van der Waals surface area (Å²) in [5, 5.41) is 0. The average Bonchev–Trinajstić information content (AvgIpc) is 2.03. The number of alkyl halides is 3. The molecule has 0 aromatic heterocycles. The molecule has 0 amide bonds. The van der Waals surface area contributed by atoms with Gasteiger partial charge >= 0.3 is 6.18 Å². The third-order valence-electron chi connectivity index (χ3n) is 2.17. The van der Waals surface area contributed by atoms with Gasteiger partial charge < -0.3 is 0 Å². The van der Waals surface area contributed by atoms with Crippen molar-refractivity contribution in [1.29, 1.82) is 0 Å². The van der Waals surface area contributed by atoms with Gasteiger partial charge in [0.15, 0.2) is 0 Å². The van der Waals surface area contributed by atoms with Crippen molar-refractivity contribution in [2.75, 3.05) is 0 Å². The van der Waals surface area contributed by atoms with Gasteiger partial charge in [0.1, 0.15) is 0 Å². The third kappa shape index (κ3) is 2.13. The first-order valence-corrected chi connectivity index (χ1v) is 3.92. The highest BCUT2D eigenvalue weighted by molar-refractivity contribution is 5.11. The van der Waals surface area contributed by atoms with Gasteiger partial charge in [0, 0.05) is 0 Å². The molecule has 0 N–H and O–H groups in total. The van der Waals surface area contributed by atoms with Crippen LogP contribution in [0.15, 0.2) is 24.3 Å². The van der Waals surface area contributed by atoms with E-state index in [4.69, 9.17) is 0 Å². The lowest BCUT2D eigenvalue weighted by molar-refractivity contribution is -0.178. The summed E-state index contributed by atoms with van der Waals surface area (Å²) in [5.41, 5.74) is 0. The summed E-state index contributed by atoms with van der Waals surface area (Å²) in [5.74, 6) is -1.62. The van der Waals surface area contributed by atoms with E-state index in [2.05, 4.69) is 0 Å². The maximum absolute atomic E-state index is 12.2. The highest BCUT2D eigenvalue weighted by Gasteiger charge is 2.39.